The van der Waals surface area contributed by atoms with E-state index < -0.39 is 11.5 Å². The Balaban J connectivity index is 1.55. The number of hydrogen-bond acceptors (Lipinski definition) is 4. The maximum atomic E-state index is 12.3. The smallest absolute Gasteiger partial charge is 0.303 e. The summed E-state index contributed by atoms with van der Waals surface area (Å²) in [5.74, 6) is -1.12. The third-order valence-corrected chi connectivity index (χ3v) is 5.31. The molecule has 28 heavy (non-hydrogen) atoms. The van der Waals surface area contributed by atoms with E-state index in [9.17, 15) is 14.4 Å². The number of nitrogens with one attached hydrogen (secondary N) is 2. The Kier molecular flexibility index (Phi) is 5.67. The van der Waals surface area contributed by atoms with Gasteiger partial charge >= 0.3 is 5.97 Å². The van der Waals surface area contributed by atoms with Crippen LogP contribution in [0.25, 0.3) is 5.65 Å². The number of aliphatic carboxylic acids is 1. The fourth-order valence-electron chi connectivity index (χ4n) is 3.81. The molecule has 1 fully saturated rings. The lowest BCUT2D eigenvalue weighted by atomic mass is 9.86. The Labute approximate surface area is 163 Å². The van der Waals surface area contributed by atoms with Crippen molar-refractivity contribution in [3.63, 3.8) is 0 Å². The number of pyridine rings is 1. The summed E-state index contributed by atoms with van der Waals surface area (Å²) in [5.41, 5.74) is 3.25. The van der Waals surface area contributed by atoms with E-state index in [-0.39, 0.29) is 24.7 Å². The summed E-state index contributed by atoms with van der Waals surface area (Å²) in [7, 11) is 0. The van der Waals surface area contributed by atoms with E-state index in [1.165, 1.54) is 0 Å². The zero-order valence-electron chi connectivity index (χ0n) is 16.2. The van der Waals surface area contributed by atoms with E-state index in [1.54, 1.807) is 0 Å². The van der Waals surface area contributed by atoms with Gasteiger partial charge in [-0.3, -0.25) is 14.4 Å². The van der Waals surface area contributed by atoms with Crippen molar-refractivity contribution >= 4 is 23.4 Å². The van der Waals surface area contributed by atoms with E-state index in [2.05, 4.69) is 21.7 Å². The summed E-state index contributed by atoms with van der Waals surface area (Å²) in [6.07, 6.45) is 3.83. The molecular formula is C20H26N4O4. The van der Waals surface area contributed by atoms with Gasteiger partial charge < -0.3 is 20.1 Å². The lowest BCUT2D eigenvalue weighted by Gasteiger charge is -2.28. The Bertz CT molecular complexity index is 920. The molecule has 0 aliphatic carbocycles. The molecule has 3 N–H and O–H groups in total. The molecule has 150 valence electrons. The first-order valence-electron chi connectivity index (χ1n) is 9.51. The molecule has 0 spiro atoms. The number of carboxylic acid groups (broad SMARTS) is 1. The molecule has 1 atom stereocenters. The van der Waals surface area contributed by atoms with Crippen molar-refractivity contribution in [1.82, 2.24) is 20.0 Å². The predicted octanol–water partition coefficient (Wildman–Crippen LogP) is 1.86. The third-order valence-electron chi connectivity index (χ3n) is 5.31. The van der Waals surface area contributed by atoms with Gasteiger partial charge in [0.05, 0.1) is 12.2 Å². The maximum Gasteiger partial charge on any atom is 0.303 e. The van der Waals surface area contributed by atoms with Crippen molar-refractivity contribution in [3.05, 3.63) is 35.3 Å². The van der Waals surface area contributed by atoms with Crippen LogP contribution in [0.3, 0.4) is 0 Å². The zero-order chi connectivity index (χ0) is 20.3. The van der Waals surface area contributed by atoms with E-state index >= 15 is 0 Å². The highest BCUT2D eigenvalue weighted by Gasteiger charge is 2.37. The molecule has 8 nitrogen and oxygen atoms in total. The minimum atomic E-state index is -0.901. The molecule has 1 aliphatic rings. The average Bonchev–Trinajstić information content (AvgIpc) is 3.20. The molecule has 1 aliphatic heterocycles. The van der Waals surface area contributed by atoms with Gasteiger partial charge in [-0.15, -0.1) is 0 Å². The van der Waals surface area contributed by atoms with Gasteiger partial charge in [0.15, 0.2) is 0 Å². The van der Waals surface area contributed by atoms with E-state index in [0.717, 1.165) is 22.6 Å². The van der Waals surface area contributed by atoms with Crippen molar-refractivity contribution in [2.75, 3.05) is 0 Å². The molecule has 0 aromatic carbocycles. The lowest BCUT2D eigenvalue weighted by molar-refractivity contribution is -0.137. The van der Waals surface area contributed by atoms with Gasteiger partial charge in [0.2, 0.25) is 11.8 Å². The quantitative estimate of drug-likeness (QED) is 0.641. The van der Waals surface area contributed by atoms with Crippen LogP contribution in [0.2, 0.25) is 0 Å². The summed E-state index contributed by atoms with van der Waals surface area (Å²) in [4.78, 5) is 39.4. The van der Waals surface area contributed by atoms with Crippen molar-refractivity contribution in [3.8, 4) is 0 Å². The first-order valence-corrected chi connectivity index (χ1v) is 9.51. The van der Waals surface area contributed by atoms with Crippen LogP contribution < -0.4 is 10.6 Å². The number of nitrogens with zero attached hydrogens (tertiary/aromatic N) is 2. The van der Waals surface area contributed by atoms with Gasteiger partial charge in [0.25, 0.3) is 0 Å². The normalized spacial score (nSPS) is 19.0. The number of aryl methyl sites for hydroxylation is 2. The third kappa shape index (κ3) is 4.68. The molecule has 2 aromatic rings. The predicted molar refractivity (Wildman–Crippen MR) is 103 cm³/mol. The minimum Gasteiger partial charge on any atom is -0.481 e. The fourth-order valence-corrected chi connectivity index (χ4v) is 3.81. The number of amides is 2. The molecule has 0 bridgehead atoms. The summed E-state index contributed by atoms with van der Waals surface area (Å²) in [6, 6.07) is 4.07. The van der Waals surface area contributed by atoms with E-state index in [0.29, 0.717) is 32.2 Å². The SMILES string of the molecule is Cc1cc(C)n2cc(CNC(=O)CC[C@]3(CCC(=O)O)CCC(=O)N3)nc2c1. The maximum absolute atomic E-state index is 12.3. The molecule has 2 amide bonds. The fraction of sp³-hybridized carbons (Fsp3) is 0.500. The molecular weight excluding hydrogens is 360 g/mol. The molecule has 1 saturated heterocycles. The molecule has 0 radical (unpaired) electrons. The van der Waals surface area contributed by atoms with Gasteiger partial charge in [-0.05, 0) is 50.8 Å². The second-order valence-corrected chi connectivity index (χ2v) is 7.63. The number of fused-ring (bicyclic) bond motifs is 1. The number of hydrogen-bond donors (Lipinski definition) is 3. The van der Waals surface area contributed by atoms with Crippen LogP contribution in [0.15, 0.2) is 18.3 Å². The van der Waals surface area contributed by atoms with Crippen LogP contribution in [0, 0.1) is 13.8 Å². The van der Waals surface area contributed by atoms with Crippen molar-refractivity contribution in [1.29, 1.82) is 0 Å². The molecule has 8 heteroatoms. The first-order chi connectivity index (χ1) is 13.3. The van der Waals surface area contributed by atoms with Crippen LogP contribution in [0.4, 0.5) is 0 Å². The summed E-state index contributed by atoms with van der Waals surface area (Å²) >= 11 is 0. The van der Waals surface area contributed by atoms with Crippen LogP contribution in [-0.2, 0) is 20.9 Å². The number of aromatic nitrogens is 2. The molecule has 0 saturated carbocycles. The first kappa shape index (κ1) is 19.9. The van der Waals surface area contributed by atoms with E-state index in [4.69, 9.17) is 5.11 Å². The highest BCUT2D eigenvalue weighted by Crippen LogP contribution is 2.30. The largest absolute Gasteiger partial charge is 0.481 e. The van der Waals surface area contributed by atoms with Gasteiger partial charge in [-0.1, -0.05) is 0 Å². The zero-order valence-corrected chi connectivity index (χ0v) is 16.2. The number of carboxylic acids is 1. The second kappa shape index (κ2) is 8.00. The van der Waals surface area contributed by atoms with E-state index in [1.807, 2.05) is 30.5 Å². The van der Waals surface area contributed by atoms with Crippen molar-refractivity contribution in [2.45, 2.75) is 64.5 Å². The number of imidazole rings is 1. The summed E-state index contributed by atoms with van der Waals surface area (Å²) in [6.45, 7) is 4.36. The highest BCUT2D eigenvalue weighted by atomic mass is 16.4. The van der Waals surface area contributed by atoms with Crippen LogP contribution in [0.5, 0.6) is 0 Å². The van der Waals surface area contributed by atoms with Crippen molar-refractivity contribution < 1.29 is 19.5 Å². The van der Waals surface area contributed by atoms with Gasteiger partial charge in [-0.2, -0.15) is 0 Å². The standard InChI is InChI=1S/C20H26N4O4/c1-13-9-14(2)24-12-15(22-16(24)10-13)11-21-17(25)3-6-20(8-5-19(27)28)7-4-18(26)23-20/h9-10,12H,3-8,11H2,1-2H3,(H,21,25)(H,23,26)(H,27,28)/t20-/m1/s1. The highest BCUT2D eigenvalue weighted by molar-refractivity contribution is 5.80. The lowest BCUT2D eigenvalue weighted by Crippen LogP contribution is -2.43. The Morgan fingerprint density at radius 3 is 2.71 bits per heavy atom. The number of carbonyl (C=O) groups is 3. The molecule has 2 aromatic heterocycles. The Morgan fingerprint density at radius 1 is 1.29 bits per heavy atom. The average molecular weight is 386 g/mol. The minimum absolute atomic E-state index is 0.0259. The van der Waals surface area contributed by atoms with Gasteiger partial charge in [0.1, 0.15) is 5.65 Å². The van der Waals surface area contributed by atoms with Gasteiger partial charge in [-0.25, -0.2) is 4.98 Å². The topological polar surface area (TPSA) is 113 Å². The van der Waals surface area contributed by atoms with Crippen LogP contribution in [-0.4, -0.2) is 37.8 Å². The summed E-state index contributed by atoms with van der Waals surface area (Å²) < 4.78 is 1.99. The van der Waals surface area contributed by atoms with Crippen molar-refractivity contribution in [2.24, 2.45) is 0 Å². The molecule has 3 heterocycles. The Morgan fingerprint density at radius 2 is 2.04 bits per heavy atom. The van der Waals surface area contributed by atoms with Gasteiger partial charge in [0, 0.05) is 36.7 Å². The second-order valence-electron chi connectivity index (χ2n) is 7.63. The molecule has 3 rings (SSSR count). The van der Waals surface area contributed by atoms with Crippen LogP contribution >= 0.6 is 0 Å². The molecule has 0 unspecified atom stereocenters. The number of rotatable bonds is 8. The van der Waals surface area contributed by atoms with Crippen LogP contribution in [0.1, 0.15) is 55.5 Å². The summed E-state index contributed by atoms with van der Waals surface area (Å²) in [5, 5.41) is 14.7. The monoisotopic (exact) mass is 386 g/mol. The number of carbonyl (C=O) groups excluding carboxylic acids is 2. The Hall–Kier alpha value is -2.90.